The summed E-state index contributed by atoms with van der Waals surface area (Å²) in [5.41, 5.74) is 0.414. The zero-order valence-corrected chi connectivity index (χ0v) is 10.8. The number of hydrogen-bond acceptors (Lipinski definition) is 2. The SMILES string of the molecule is O=C(Nc1cncc(F)c1)N1CCC(C2CCC2)C1. The van der Waals surface area contributed by atoms with Gasteiger partial charge in [-0.25, -0.2) is 9.18 Å². The topological polar surface area (TPSA) is 45.2 Å². The molecule has 0 radical (unpaired) electrons. The number of rotatable bonds is 2. The van der Waals surface area contributed by atoms with Gasteiger partial charge in [-0.2, -0.15) is 0 Å². The molecule has 1 atom stereocenters. The summed E-state index contributed by atoms with van der Waals surface area (Å²) in [5, 5.41) is 2.70. The normalized spacial score (nSPS) is 23.2. The third-order valence-electron chi connectivity index (χ3n) is 4.28. The van der Waals surface area contributed by atoms with E-state index in [1.807, 2.05) is 4.90 Å². The molecule has 2 amide bonds. The number of nitrogens with zero attached hydrogens (tertiary/aromatic N) is 2. The van der Waals surface area contributed by atoms with Gasteiger partial charge in [0.1, 0.15) is 5.82 Å². The maximum Gasteiger partial charge on any atom is 0.321 e. The highest BCUT2D eigenvalue weighted by Gasteiger charge is 2.34. The van der Waals surface area contributed by atoms with Crippen molar-refractivity contribution in [1.29, 1.82) is 0 Å². The zero-order chi connectivity index (χ0) is 13.2. The summed E-state index contributed by atoms with van der Waals surface area (Å²) in [6.07, 6.45) is 7.64. The quantitative estimate of drug-likeness (QED) is 0.891. The van der Waals surface area contributed by atoms with Crippen LogP contribution in [-0.2, 0) is 0 Å². The molecule has 0 aromatic carbocycles. The van der Waals surface area contributed by atoms with Gasteiger partial charge in [-0.1, -0.05) is 19.3 Å². The first-order chi connectivity index (χ1) is 9.22. The van der Waals surface area contributed by atoms with E-state index in [4.69, 9.17) is 0 Å². The lowest BCUT2D eigenvalue weighted by atomic mass is 9.75. The Morgan fingerprint density at radius 2 is 2.16 bits per heavy atom. The minimum atomic E-state index is -0.438. The van der Waals surface area contributed by atoms with Gasteiger partial charge in [0.05, 0.1) is 18.1 Å². The van der Waals surface area contributed by atoms with E-state index in [-0.39, 0.29) is 6.03 Å². The van der Waals surface area contributed by atoms with Crippen molar-refractivity contribution in [2.24, 2.45) is 11.8 Å². The fourth-order valence-corrected chi connectivity index (χ4v) is 2.95. The first-order valence-electron chi connectivity index (χ1n) is 6.89. The highest BCUT2D eigenvalue weighted by molar-refractivity contribution is 5.89. The number of nitrogens with one attached hydrogen (secondary N) is 1. The van der Waals surface area contributed by atoms with Crippen molar-refractivity contribution < 1.29 is 9.18 Å². The van der Waals surface area contributed by atoms with Gasteiger partial charge in [0, 0.05) is 19.2 Å². The summed E-state index contributed by atoms with van der Waals surface area (Å²) >= 11 is 0. The predicted molar refractivity (Wildman–Crippen MR) is 70.2 cm³/mol. The third-order valence-corrected chi connectivity index (χ3v) is 4.28. The molecule has 1 N–H and O–H groups in total. The monoisotopic (exact) mass is 263 g/mol. The lowest BCUT2D eigenvalue weighted by Crippen LogP contribution is -2.34. The highest BCUT2D eigenvalue weighted by Crippen LogP contribution is 2.38. The number of anilines is 1. The van der Waals surface area contributed by atoms with Crippen LogP contribution < -0.4 is 5.32 Å². The molecule has 1 aliphatic heterocycles. The molecule has 1 unspecified atom stereocenters. The van der Waals surface area contributed by atoms with Crippen molar-refractivity contribution in [3.63, 3.8) is 0 Å². The Hall–Kier alpha value is -1.65. The number of amides is 2. The summed E-state index contributed by atoms with van der Waals surface area (Å²) in [7, 11) is 0. The lowest BCUT2D eigenvalue weighted by Gasteiger charge is -2.31. The Balaban J connectivity index is 1.56. The third kappa shape index (κ3) is 2.69. The Bertz CT molecular complexity index is 476. The van der Waals surface area contributed by atoms with Gasteiger partial charge in [0.2, 0.25) is 0 Å². The lowest BCUT2D eigenvalue weighted by molar-refractivity contribution is 0.196. The van der Waals surface area contributed by atoms with E-state index in [9.17, 15) is 9.18 Å². The van der Waals surface area contributed by atoms with Crippen molar-refractivity contribution >= 4 is 11.7 Å². The molecule has 2 aliphatic rings. The second kappa shape index (κ2) is 5.15. The molecular weight excluding hydrogens is 245 g/mol. The summed E-state index contributed by atoms with van der Waals surface area (Å²) in [6.45, 7) is 1.63. The number of carbonyl (C=O) groups is 1. The molecule has 19 heavy (non-hydrogen) atoms. The van der Waals surface area contributed by atoms with Gasteiger partial charge in [0.25, 0.3) is 0 Å². The van der Waals surface area contributed by atoms with Crippen molar-refractivity contribution in [2.45, 2.75) is 25.7 Å². The fourth-order valence-electron chi connectivity index (χ4n) is 2.95. The number of urea groups is 1. The minimum absolute atomic E-state index is 0.144. The summed E-state index contributed by atoms with van der Waals surface area (Å²) in [6, 6.07) is 1.14. The minimum Gasteiger partial charge on any atom is -0.324 e. The molecule has 5 heteroatoms. The molecule has 1 aromatic heterocycles. The standard InChI is InChI=1S/C14H18FN3O/c15-12-6-13(8-16-7-12)17-14(19)18-5-4-11(9-18)10-2-1-3-10/h6-8,10-11H,1-5,9H2,(H,17,19). The maximum atomic E-state index is 13.0. The van der Waals surface area contributed by atoms with Crippen LogP contribution in [0.1, 0.15) is 25.7 Å². The first kappa shape index (κ1) is 12.4. The largest absolute Gasteiger partial charge is 0.324 e. The van der Waals surface area contributed by atoms with Crippen LogP contribution in [0, 0.1) is 17.7 Å². The molecular formula is C14H18FN3O. The summed E-state index contributed by atoms with van der Waals surface area (Å²) in [5.74, 6) is 1.03. The molecule has 0 spiro atoms. The molecule has 3 rings (SSSR count). The molecule has 102 valence electrons. The van der Waals surface area contributed by atoms with E-state index in [1.165, 1.54) is 31.5 Å². The summed E-state index contributed by atoms with van der Waals surface area (Å²) < 4.78 is 13.0. The van der Waals surface area contributed by atoms with Crippen LogP contribution in [0.3, 0.4) is 0 Å². The van der Waals surface area contributed by atoms with Crippen molar-refractivity contribution in [1.82, 2.24) is 9.88 Å². The van der Waals surface area contributed by atoms with E-state index in [0.29, 0.717) is 11.6 Å². The number of halogens is 1. The molecule has 1 aromatic rings. The van der Waals surface area contributed by atoms with Crippen LogP contribution in [0.4, 0.5) is 14.9 Å². The maximum absolute atomic E-state index is 13.0. The Labute approximate surface area is 112 Å². The van der Waals surface area contributed by atoms with Crippen molar-refractivity contribution in [2.75, 3.05) is 18.4 Å². The average Bonchev–Trinajstić information content (AvgIpc) is 2.76. The smallest absolute Gasteiger partial charge is 0.321 e. The predicted octanol–water partition coefficient (Wildman–Crippen LogP) is 2.87. The van der Waals surface area contributed by atoms with Crippen LogP contribution in [0.15, 0.2) is 18.5 Å². The molecule has 0 bridgehead atoms. The molecule has 1 saturated heterocycles. The van der Waals surface area contributed by atoms with Crippen LogP contribution in [0.5, 0.6) is 0 Å². The van der Waals surface area contributed by atoms with Gasteiger partial charge >= 0.3 is 6.03 Å². The van der Waals surface area contributed by atoms with E-state index in [0.717, 1.165) is 31.6 Å². The van der Waals surface area contributed by atoms with E-state index < -0.39 is 5.82 Å². The van der Waals surface area contributed by atoms with Crippen LogP contribution in [-0.4, -0.2) is 29.0 Å². The first-order valence-corrected chi connectivity index (χ1v) is 6.89. The van der Waals surface area contributed by atoms with Gasteiger partial charge in [-0.15, -0.1) is 0 Å². The Morgan fingerprint density at radius 3 is 2.84 bits per heavy atom. The van der Waals surface area contributed by atoms with E-state index in [2.05, 4.69) is 10.3 Å². The number of carbonyl (C=O) groups excluding carboxylic acids is 1. The summed E-state index contributed by atoms with van der Waals surface area (Å²) in [4.78, 5) is 17.6. The fraction of sp³-hybridized carbons (Fsp3) is 0.571. The molecule has 2 heterocycles. The van der Waals surface area contributed by atoms with E-state index >= 15 is 0 Å². The van der Waals surface area contributed by atoms with Crippen LogP contribution in [0.25, 0.3) is 0 Å². The molecule has 4 nitrogen and oxygen atoms in total. The van der Waals surface area contributed by atoms with Crippen molar-refractivity contribution in [3.05, 3.63) is 24.3 Å². The number of likely N-dealkylation sites (tertiary alicyclic amines) is 1. The van der Waals surface area contributed by atoms with Gasteiger partial charge < -0.3 is 10.2 Å². The number of pyridine rings is 1. The zero-order valence-electron chi connectivity index (χ0n) is 10.8. The number of aromatic nitrogens is 1. The molecule has 1 saturated carbocycles. The van der Waals surface area contributed by atoms with Crippen LogP contribution >= 0.6 is 0 Å². The Kier molecular flexibility index (Phi) is 3.36. The second-order valence-corrected chi connectivity index (χ2v) is 5.51. The van der Waals surface area contributed by atoms with Crippen LogP contribution in [0.2, 0.25) is 0 Å². The molecule has 2 fully saturated rings. The second-order valence-electron chi connectivity index (χ2n) is 5.51. The van der Waals surface area contributed by atoms with Crippen molar-refractivity contribution in [3.8, 4) is 0 Å². The highest BCUT2D eigenvalue weighted by atomic mass is 19.1. The van der Waals surface area contributed by atoms with Gasteiger partial charge in [0.15, 0.2) is 0 Å². The molecule has 1 aliphatic carbocycles. The Morgan fingerprint density at radius 1 is 1.32 bits per heavy atom. The van der Waals surface area contributed by atoms with E-state index in [1.54, 1.807) is 0 Å². The number of hydrogen-bond donors (Lipinski definition) is 1. The van der Waals surface area contributed by atoms with Gasteiger partial charge in [-0.05, 0) is 18.3 Å². The average molecular weight is 263 g/mol. The van der Waals surface area contributed by atoms with Gasteiger partial charge in [-0.3, -0.25) is 4.98 Å².